The third-order valence-electron chi connectivity index (χ3n) is 10.9. The first-order valence-corrected chi connectivity index (χ1v) is 24.0. The molecule has 22 heteroatoms. The molecule has 0 spiro atoms. The molecule has 2 aromatic rings. The summed E-state index contributed by atoms with van der Waals surface area (Å²) in [6.07, 6.45) is 2.30. The Morgan fingerprint density at radius 1 is 0.603 bits per heavy atom. The van der Waals surface area contributed by atoms with Crippen molar-refractivity contribution in [2.75, 3.05) is 25.1 Å². The van der Waals surface area contributed by atoms with E-state index in [4.69, 9.17) is 17.2 Å². The third kappa shape index (κ3) is 20.5. The zero-order valence-corrected chi connectivity index (χ0v) is 39.6. The van der Waals surface area contributed by atoms with Crippen molar-refractivity contribution < 1.29 is 47.9 Å². The molecule has 0 radical (unpaired) electrons. The molecular formula is C46H67N11O10S. The predicted octanol–water partition coefficient (Wildman–Crippen LogP) is -1.94. The van der Waals surface area contributed by atoms with E-state index in [-0.39, 0.29) is 57.3 Å². The summed E-state index contributed by atoms with van der Waals surface area (Å²) in [6.45, 7) is 3.68. The van der Waals surface area contributed by atoms with Gasteiger partial charge >= 0.3 is 0 Å². The van der Waals surface area contributed by atoms with E-state index >= 15 is 0 Å². The Labute approximate surface area is 400 Å². The van der Waals surface area contributed by atoms with Crippen LogP contribution in [0.4, 0.5) is 0 Å². The molecule has 372 valence electrons. The molecule has 1 aliphatic rings. The fraction of sp³-hybridized carbons (Fsp3) is 0.522. The van der Waals surface area contributed by atoms with Gasteiger partial charge in [-0.1, -0.05) is 74.5 Å². The molecule has 2 aromatic carbocycles. The second-order valence-corrected chi connectivity index (χ2v) is 18.0. The van der Waals surface area contributed by atoms with Crippen molar-refractivity contribution in [3.63, 3.8) is 0 Å². The quantitative estimate of drug-likeness (QED) is 0.0408. The Morgan fingerprint density at radius 2 is 1.07 bits per heavy atom. The molecule has 0 saturated carbocycles. The number of hydrogen-bond acceptors (Lipinski definition) is 12. The topological polar surface area (TPSA) is 345 Å². The standard InChI is InChI=1S/C46H67N11O10S/c1-27(2)23-34(45(66)53-30(40(49)61)20-22-68-3)52-39(60)26-51-41(62)35(24-28-11-6-4-7-12-28)56-46(67)36(25-29-13-8-5-9-14-29)57-44(65)33(17-19-38(48)59)55-43(64)32(16-18-37(47)58)54-42(63)31-15-10-21-50-31/h4-9,11-14,27,30-36,50H,10,15-26H2,1-3H3,(H2,47,58)(H2,48,59)(H2,49,61)(H,51,62)(H,52,60)(H,53,66)(H,54,63)(H,55,64)(H,56,67)(H,57,65)/t30-,31-,32-,33-,34-,35-,36-/m0/s1. The number of benzene rings is 2. The minimum Gasteiger partial charge on any atom is -0.370 e. The Hall–Kier alpha value is -6.55. The van der Waals surface area contributed by atoms with Gasteiger partial charge in [-0.25, -0.2) is 0 Å². The average Bonchev–Trinajstić information content (AvgIpc) is 3.85. The first kappa shape index (κ1) is 55.8. The summed E-state index contributed by atoms with van der Waals surface area (Å²) in [5.41, 5.74) is 17.5. The summed E-state index contributed by atoms with van der Waals surface area (Å²) in [4.78, 5) is 131. The van der Waals surface area contributed by atoms with E-state index < -0.39 is 108 Å². The molecule has 0 aromatic heterocycles. The molecule has 3 rings (SSSR count). The highest BCUT2D eigenvalue weighted by atomic mass is 32.2. The van der Waals surface area contributed by atoms with E-state index in [2.05, 4.69) is 42.5 Å². The van der Waals surface area contributed by atoms with Crippen molar-refractivity contribution in [1.29, 1.82) is 0 Å². The lowest BCUT2D eigenvalue weighted by atomic mass is 10.0. The van der Waals surface area contributed by atoms with E-state index in [0.29, 0.717) is 29.8 Å². The third-order valence-corrected chi connectivity index (χ3v) is 11.5. The lowest BCUT2D eigenvalue weighted by molar-refractivity contribution is -0.135. The Kier molecular flexibility index (Phi) is 24.0. The summed E-state index contributed by atoms with van der Waals surface area (Å²) in [5.74, 6) is -6.94. The fourth-order valence-corrected chi connectivity index (χ4v) is 7.73. The van der Waals surface area contributed by atoms with Crippen LogP contribution < -0.4 is 59.7 Å². The maximum absolute atomic E-state index is 14.3. The van der Waals surface area contributed by atoms with Crippen LogP contribution in [-0.2, 0) is 60.8 Å². The summed E-state index contributed by atoms with van der Waals surface area (Å²) in [5, 5.41) is 21.3. The Morgan fingerprint density at radius 3 is 1.54 bits per heavy atom. The van der Waals surface area contributed by atoms with E-state index in [1.807, 2.05) is 20.1 Å². The molecule has 0 aliphatic carbocycles. The van der Waals surface area contributed by atoms with Gasteiger partial charge in [0.15, 0.2) is 0 Å². The van der Waals surface area contributed by atoms with E-state index in [0.717, 1.165) is 6.42 Å². The predicted molar refractivity (Wildman–Crippen MR) is 254 cm³/mol. The first-order chi connectivity index (χ1) is 32.4. The normalized spacial score (nSPS) is 15.8. The summed E-state index contributed by atoms with van der Waals surface area (Å²) in [7, 11) is 0. The zero-order valence-electron chi connectivity index (χ0n) is 38.8. The largest absolute Gasteiger partial charge is 0.370 e. The first-order valence-electron chi connectivity index (χ1n) is 22.6. The number of amides is 10. The lowest BCUT2D eigenvalue weighted by Crippen LogP contribution is -2.59. The van der Waals surface area contributed by atoms with Crippen molar-refractivity contribution >= 4 is 70.8 Å². The highest BCUT2D eigenvalue weighted by molar-refractivity contribution is 7.98. The van der Waals surface area contributed by atoms with Crippen LogP contribution in [0.1, 0.15) is 76.3 Å². The van der Waals surface area contributed by atoms with Crippen LogP contribution in [0.15, 0.2) is 60.7 Å². The summed E-state index contributed by atoms with van der Waals surface area (Å²) >= 11 is 1.47. The van der Waals surface area contributed by atoms with Crippen molar-refractivity contribution in [2.45, 2.75) is 120 Å². The lowest BCUT2D eigenvalue weighted by Gasteiger charge is -2.27. The summed E-state index contributed by atoms with van der Waals surface area (Å²) in [6, 6.07) is 9.23. The van der Waals surface area contributed by atoms with Crippen molar-refractivity contribution in [1.82, 2.24) is 42.5 Å². The molecule has 10 amide bonds. The van der Waals surface area contributed by atoms with Gasteiger partial charge in [-0.2, -0.15) is 11.8 Å². The highest BCUT2D eigenvalue weighted by Gasteiger charge is 2.34. The van der Waals surface area contributed by atoms with Gasteiger partial charge in [0.05, 0.1) is 12.6 Å². The van der Waals surface area contributed by atoms with Crippen LogP contribution in [0.5, 0.6) is 0 Å². The van der Waals surface area contributed by atoms with Gasteiger partial charge in [-0.15, -0.1) is 0 Å². The molecule has 1 saturated heterocycles. The zero-order chi connectivity index (χ0) is 50.2. The maximum atomic E-state index is 14.3. The van der Waals surface area contributed by atoms with Crippen LogP contribution in [-0.4, -0.2) is 126 Å². The van der Waals surface area contributed by atoms with Crippen molar-refractivity contribution in [3.05, 3.63) is 71.8 Å². The van der Waals surface area contributed by atoms with E-state index in [9.17, 15) is 47.9 Å². The van der Waals surface area contributed by atoms with Gasteiger partial charge in [-0.05, 0) is 74.1 Å². The van der Waals surface area contributed by atoms with Crippen LogP contribution in [0.25, 0.3) is 0 Å². The Bertz CT molecular complexity index is 2040. The monoisotopic (exact) mass is 965 g/mol. The SMILES string of the molecule is CSCC[C@H](NC(=O)[C@H](CC(C)C)NC(=O)CNC(=O)[C@H](Cc1ccccc1)NC(=O)[C@H](Cc1ccccc1)NC(=O)[C@H](CCC(N)=O)NC(=O)[C@H](CCC(N)=O)NC(=O)[C@@H]1CCCN1)C(N)=O. The molecule has 1 aliphatic heterocycles. The van der Waals surface area contributed by atoms with Gasteiger partial charge in [0, 0.05) is 25.7 Å². The fourth-order valence-electron chi connectivity index (χ4n) is 7.26. The van der Waals surface area contributed by atoms with Gasteiger partial charge < -0.3 is 59.7 Å². The number of nitrogens with one attached hydrogen (secondary N) is 8. The molecule has 0 bridgehead atoms. The molecule has 21 nitrogen and oxygen atoms in total. The second kappa shape index (κ2) is 29.3. The van der Waals surface area contributed by atoms with Crippen molar-refractivity contribution in [2.24, 2.45) is 23.1 Å². The van der Waals surface area contributed by atoms with Gasteiger partial charge in [0.1, 0.15) is 36.3 Å². The van der Waals surface area contributed by atoms with E-state index in [1.54, 1.807) is 60.7 Å². The minimum absolute atomic E-state index is 0.0545. The highest BCUT2D eigenvalue weighted by Crippen LogP contribution is 2.12. The van der Waals surface area contributed by atoms with Gasteiger partial charge in [0.25, 0.3) is 0 Å². The minimum atomic E-state index is -1.47. The van der Waals surface area contributed by atoms with E-state index in [1.165, 1.54) is 11.8 Å². The molecule has 1 heterocycles. The maximum Gasteiger partial charge on any atom is 0.243 e. The van der Waals surface area contributed by atoms with Gasteiger partial charge in [-0.3, -0.25) is 47.9 Å². The number of carbonyl (C=O) groups excluding carboxylic acids is 10. The van der Waals surface area contributed by atoms with Crippen LogP contribution in [0.2, 0.25) is 0 Å². The van der Waals surface area contributed by atoms with Crippen molar-refractivity contribution in [3.8, 4) is 0 Å². The van der Waals surface area contributed by atoms with Gasteiger partial charge in [0.2, 0.25) is 59.1 Å². The molecule has 1 fully saturated rings. The molecule has 7 atom stereocenters. The molecule has 68 heavy (non-hydrogen) atoms. The molecule has 0 unspecified atom stereocenters. The number of primary amides is 3. The second-order valence-electron chi connectivity index (χ2n) is 17.0. The average molecular weight is 966 g/mol. The number of nitrogens with two attached hydrogens (primary N) is 3. The Balaban J connectivity index is 1.86. The smallest absolute Gasteiger partial charge is 0.243 e. The summed E-state index contributed by atoms with van der Waals surface area (Å²) < 4.78 is 0. The van der Waals surface area contributed by atoms with Crippen LogP contribution >= 0.6 is 11.8 Å². The number of thioether (sulfide) groups is 1. The number of hydrogen-bond donors (Lipinski definition) is 11. The van der Waals surface area contributed by atoms with Crippen LogP contribution in [0.3, 0.4) is 0 Å². The number of rotatable bonds is 30. The number of carbonyl (C=O) groups is 10. The molecular weight excluding hydrogens is 899 g/mol. The van der Waals surface area contributed by atoms with Crippen LogP contribution in [0, 0.1) is 5.92 Å². The molecule has 14 N–H and O–H groups in total.